The summed E-state index contributed by atoms with van der Waals surface area (Å²) in [5.41, 5.74) is 6.37. The highest BCUT2D eigenvalue weighted by molar-refractivity contribution is 5.98. The van der Waals surface area contributed by atoms with Crippen LogP contribution < -0.4 is 5.73 Å². The minimum atomic E-state index is -1.23. The van der Waals surface area contributed by atoms with Crippen LogP contribution in [-0.2, 0) is 4.79 Å². The van der Waals surface area contributed by atoms with E-state index in [0.29, 0.717) is 11.3 Å². The van der Waals surface area contributed by atoms with E-state index in [2.05, 4.69) is 4.98 Å². The van der Waals surface area contributed by atoms with E-state index in [4.69, 9.17) is 10.2 Å². The van der Waals surface area contributed by atoms with E-state index in [1.807, 2.05) is 0 Å². The van der Waals surface area contributed by atoms with Gasteiger partial charge in [0.25, 0.3) is 5.91 Å². The van der Waals surface area contributed by atoms with E-state index in [1.54, 1.807) is 30.5 Å². The summed E-state index contributed by atoms with van der Waals surface area (Å²) in [6.07, 6.45) is 1.61. The highest BCUT2D eigenvalue weighted by Crippen LogP contribution is 2.24. The van der Waals surface area contributed by atoms with Crippen LogP contribution in [0.25, 0.3) is 11.3 Å². The van der Waals surface area contributed by atoms with Gasteiger partial charge in [0.2, 0.25) is 5.91 Å². The first-order chi connectivity index (χ1) is 10.6. The molecule has 1 aromatic heterocycles. The first-order valence-electron chi connectivity index (χ1n) is 6.79. The predicted molar refractivity (Wildman–Crippen MR) is 75.5 cm³/mol. The van der Waals surface area contributed by atoms with Gasteiger partial charge in [0.1, 0.15) is 12.2 Å². The number of halogens is 1. The largest absolute Gasteiger partial charge is 0.444 e. The number of primary amides is 1. The van der Waals surface area contributed by atoms with Gasteiger partial charge in [-0.1, -0.05) is 12.1 Å². The van der Waals surface area contributed by atoms with Gasteiger partial charge < -0.3 is 15.1 Å². The Balaban J connectivity index is 1.81. The molecule has 114 valence electrons. The minimum Gasteiger partial charge on any atom is -0.444 e. The van der Waals surface area contributed by atoms with Gasteiger partial charge >= 0.3 is 0 Å². The molecule has 0 bridgehead atoms. The van der Waals surface area contributed by atoms with Crippen LogP contribution in [0, 0.1) is 0 Å². The van der Waals surface area contributed by atoms with Gasteiger partial charge in [-0.05, 0) is 12.1 Å². The molecule has 2 heterocycles. The van der Waals surface area contributed by atoms with Crippen molar-refractivity contribution in [2.45, 2.75) is 18.6 Å². The van der Waals surface area contributed by atoms with Crippen molar-refractivity contribution in [2.24, 2.45) is 5.73 Å². The normalized spacial score (nSPS) is 21.0. The third-order valence-electron chi connectivity index (χ3n) is 3.69. The molecular weight excluding hydrogens is 289 g/mol. The van der Waals surface area contributed by atoms with E-state index in [1.165, 1.54) is 11.3 Å². The lowest BCUT2D eigenvalue weighted by atomic mass is 10.1. The fraction of sp³-hybridized carbons (Fsp3) is 0.267. The second kappa shape index (κ2) is 5.59. The quantitative estimate of drug-likeness (QED) is 0.927. The van der Waals surface area contributed by atoms with Gasteiger partial charge in [0.05, 0.1) is 12.7 Å². The van der Waals surface area contributed by atoms with Crippen molar-refractivity contribution in [2.75, 3.05) is 6.54 Å². The maximum absolute atomic E-state index is 13.5. The van der Waals surface area contributed by atoms with Gasteiger partial charge in [-0.25, -0.2) is 9.37 Å². The van der Waals surface area contributed by atoms with Crippen LogP contribution in [0.3, 0.4) is 0 Å². The Labute approximate surface area is 125 Å². The van der Waals surface area contributed by atoms with Crippen molar-refractivity contribution < 1.29 is 18.4 Å². The second-order valence-electron chi connectivity index (χ2n) is 5.15. The van der Waals surface area contributed by atoms with Crippen LogP contribution in [-0.4, -0.2) is 40.5 Å². The van der Waals surface area contributed by atoms with Crippen LogP contribution in [0.15, 0.2) is 41.3 Å². The molecule has 2 aromatic rings. The van der Waals surface area contributed by atoms with Crippen molar-refractivity contribution in [1.82, 2.24) is 9.88 Å². The highest BCUT2D eigenvalue weighted by atomic mass is 19.1. The molecule has 3 rings (SSSR count). The zero-order valence-electron chi connectivity index (χ0n) is 11.6. The lowest BCUT2D eigenvalue weighted by Crippen LogP contribution is -2.43. The number of hydrogen-bond acceptors (Lipinski definition) is 4. The Bertz CT molecular complexity index is 685. The number of likely N-dealkylation sites (tertiary alicyclic amines) is 1. The summed E-state index contributed by atoms with van der Waals surface area (Å²) in [6.45, 7) is -0.115. The highest BCUT2D eigenvalue weighted by Gasteiger charge is 2.38. The first-order valence-corrected chi connectivity index (χ1v) is 6.79. The Hall–Kier alpha value is -2.70. The van der Waals surface area contributed by atoms with E-state index in [-0.39, 0.29) is 13.0 Å². The molecule has 6 nitrogen and oxygen atoms in total. The van der Waals surface area contributed by atoms with Gasteiger partial charge in [-0.3, -0.25) is 9.59 Å². The predicted octanol–water partition coefficient (Wildman–Crippen LogP) is 1.38. The molecule has 0 radical (unpaired) electrons. The lowest BCUT2D eigenvalue weighted by Gasteiger charge is -2.21. The van der Waals surface area contributed by atoms with Gasteiger partial charge in [-0.2, -0.15) is 0 Å². The number of carbonyl (C=O) groups is 2. The second-order valence-corrected chi connectivity index (χ2v) is 5.15. The maximum atomic E-state index is 13.5. The molecule has 2 atom stereocenters. The van der Waals surface area contributed by atoms with Crippen molar-refractivity contribution in [3.05, 3.63) is 42.4 Å². The number of benzene rings is 1. The van der Waals surface area contributed by atoms with E-state index in [0.717, 1.165) is 5.56 Å². The smallest absolute Gasteiger partial charge is 0.254 e. The Morgan fingerprint density at radius 2 is 2.05 bits per heavy atom. The van der Waals surface area contributed by atoms with Crippen molar-refractivity contribution in [3.63, 3.8) is 0 Å². The summed E-state index contributed by atoms with van der Waals surface area (Å²) >= 11 is 0. The standard InChI is InChI=1S/C15H14FN3O3/c16-11-5-12(14(17)20)19(7-11)15(21)10-3-1-9(2-4-10)13-6-18-8-22-13/h1-4,6,8,11-12H,5,7H2,(H2,17,20)/t11-,12+/m1/s1. The van der Waals surface area contributed by atoms with Gasteiger partial charge in [0, 0.05) is 17.5 Å². The number of nitrogens with zero attached hydrogens (tertiary/aromatic N) is 2. The molecule has 0 saturated carbocycles. The van der Waals surface area contributed by atoms with E-state index >= 15 is 0 Å². The van der Waals surface area contributed by atoms with Crippen molar-refractivity contribution in [1.29, 1.82) is 0 Å². The molecule has 0 spiro atoms. The molecule has 1 aromatic carbocycles. The topological polar surface area (TPSA) is 89.4 Å². The summed E-state index contributed by atoms with van der Waals surface area (Å²) in [5, 5.41) is 0. The number of alkyl halides is 1. The van der Waals surface area contributed by atoms with Gasteiger partial charge in [0.15, 0.2) is 12.2 Å². The van der Waals surface area contributed by atoms with Crippen LogP contribution in [0.5, 0.6) is 0 Å². The number of carbonyl (C=O) groups excluding carboxylic acids is 2. The molecule has 0 unspecified atom stereocenters. The zero-order chi connectivity index (χ0) is 15.7. The average Bonchev–Trinajstić information content (AvgIpc) is 3.16. The zero-order valence-corrected chi connectivity index (χ0v) is 11.6. The molecule has 1 fully saturated rings. The fourth-order valence-corrected chi connectivity index (χ4v) is 2.58. The number of hydrogen-bond donors (Lipinski definition) is 1. The average molecular weight is 303 g/mol. The van der Waals surface area contributed by atoms with Crippen LogP contribution >= 0.6 is 0 Å². The maximum Gasteiger partial charge on any atom is 0.254 e. The summed E-state index contributed by atoms with van der Waals surface area (Å²) in [7, 11) is 0. The Morgan fingerprint density at radius 3 is 2.64 bits per heavy atom. The SMILES string of the molecule is NC(=O)[C@@H]1C[C@@H](F)CN1C(=O)c1ccc(-c2cnco2)cc1. The summed E-state index contributed by atoms with van der Waals surface area (Å²) in [6, 6.07) is 5.72. The molecule has 0 aliphatic carbocycles. The number of oxazole rings is 1. The number of amides is 2. The van der Waals surface area contributed by atoms with E-state index in [9.17, 15) is 14.0 Å². The molecule has 1 aliphatic rings. The third kappa shape index (κ3) is 2.57. The number of rotatable bonds is 3. The molecule has 1 saturated heterocycles. The number of nitrogens with two attached hydrogens (primary N) is 1. The van der Waals surface area contributed by atoms with E-state index < -0.39 is 24.0 Å². The van der Waals surface area contributed by atoms with Crippen molar-refractivity contribution >= 4 is 11.8 Å². The monoisotopic (exact) mass is 303 g/mol. The minimum absolute atomic E-state index is 0.0444. The number of aromatic nitrogens is 1. The summed E-state index contributed by atoms with van der Waals surface area (Å²) in [4.78, 5) is 28.8. The van der Waals surface area contributed by atoms with Gasteiger partial charge in [-0.15, -0.1) is 0 Å². The molecular formula is C15H14FN3O3. The third-order valence-corrected chi connectivity index (χ3v) is 3.69. The Morgan fingerprint density at radius 1 is 1.32 bits per heavy atom. The molecule has 1 aliphatic heterocycles. The first kappa shape index (κ1) is 14.2. The lowest BCUT2D eigenvalue weighted by molar-refractivity contribution is -0.121. The Kier molecular flexibility index (Phi) is 3.62. The van der Waals surface area contributed by atoms with Crippen LogP contribution in [0.4, 0.5) is 4.39 Å². The molecule has 7 heteroatoms. The van der Waals surface area contributed by atoms with Crippen molar-refractivity contribution in [3.8, 4) is 11.3 Å². The molecule has 2 amide bonds. The molecule has 22 heavy (non-hydrogen) atoms. The fourth-order valence-electron chi connectivity index (χ4n) is 2.58. The summed E-state index contributed by atoms with van der Waals surface area (Å²) in [5.74, 6) is -0.515. The molecule has 2 N–H and O–H groups in total. The summed E-state index contributed by atoms with van der Waals surface area (Å²) < 4.78 is 18.7. The van der Waals surface area contributed by atoms with Crippen LogP contribution in [0.1, 0.15) is 16.8 Å². The van der Waals surface area contributed by atoms with Crippen LogP contribution in [0.2, 0.25) is 0 Å².